The van der Waals surface area contributed by atoms with Crippen molar-refractivity contribution in [2.24, 2.45) is 11.3 Å². The average molecular weight is 713 g/mol. The maximum atomic E-state index is 14.1. The minimum atomic E-state index is -3.86. The lowest BCUT2D eigenvalue weighted by molar-refractivity contribution is -0.140. The summed E-state index contributed by atoms with van der Waals surface area (Å²) in [6, 6.07) is 3.95. The van der Waals surface area contributed by atoms with E-state index in [9.17, 15) is 32.4 Å². The number of nitrogens with one attached hydrogen (secondary N) is 2. The molecule has 50 heavy (non-hydrogen) atoms. The van der Waals surface area contributed by atoms with Crippen LogP contribution in [0.3, 0.4) is 0 Å². The topological polar surface area (TPSA) is 168 Å². The smallest absolute Gasteiger partial charge is 0.410 e. The molecule has 5 aliphatic rings. The molecule has 13 nitrogen and oxygen atoms in total. The number of nitrogens with zero attached hydrogens (tertiary/aromatic N) is 2. The first-order chi connectivity index (χ1) is 23.7. The maximum absolute atomic E-state index is 14.1. The molecule has 2 N–H and O–H groups in total. The van der Waals surface area contributed by atoms with Crippen LogP contribution in [0, 0.1) is 11.3 Å². The van der Waals surface area contributed by atoms with Crippen LogP contribution in [0.1, 0.15) is 95.2 Å². The number of cyclic esters (lactones) is 1. The average Bonchev–Trinajstić information content (AvgIpc) is 3.95. The number of hydrogen-bond acceptors (Lipinski definition) is 9. The SMILES string of the molecule is C=C[C@@H]1C[C@]1(CC(=O)[C@@H]1C[C@@H]2CN1C(=O)[C@H](CC)NC(=O)OC(C)(C)CCCCc1cccc3c1CN(C3)C(=O)O2)C(=O)NS(=O)(=O)C1CC1. The number of benzene rings is 1. The Morgan fingerprint density at radius 1 is 1.12 bits per heavy atom. The molecular formula is C36H48N4O9S. The van der Waals surface area contributed by atoms with Gasteiger partial charge >= 0.3 is 12.2 Å². The minimum absolute atomic E-state index is 0.00685. The fourth-order valence-corrected chi connectivity index (χ4v) is 9.08. The van der Waals surface area contributed by atoms with E-state index in [1.807, 2.05) is 26.0 Å². The summed E-state index contributed by atoms with van der Waals surface area (Å²) in [4.78, 5) is 71.2. The molecule has 3 aliphatic heterocycles. The molecule has 4 bridgehead atoms. The zero-order chi connectivity index (χ0) is 36.0. The summed E-state index contributed by atoms with van der Waals surface area (Å²) in [6.45, 7) is 9.84. The molecular weight excluding hydrogens is 664 g/mol. The van der Waals surface area contributed by atoms with Gasteiger partial charge in [-0.3, -0.25) is 24.0 Å². The Bertz CT molecular complexity index is 1690. The number of carbonyl (C=O) groups is 5. The van der Waals surface area contributed by atoms with Gasteiger partial charge in [0.15, 0.2) is 5.78 Å². The summed E-state index contributed by atoms with van der Waals surface area (Å²) in [5.74, 6) is -2.17. The van der Waals surface area contributed by atoms with Gasteiger partial charge in [0.1, 0.15) is 17.7 Å². The predicted molar refractivity (Wildman–Crippen MR) is 182 cm³/mol. The van der Waals surface area contributed by atoms with E-state index in [0.717, 1.165) is 36.0 Å². The molecule has 3 heterocycles. The quantitative estimate of drug-likeness (QED) is 0.380. The highest BCUT2D eigenvalue weighted by Crippen LogP contribution is 2.57. The Kier molecular flexibility index (Phi) is 9.79. The van der Waals surface area contributed by atoms with Gasteiger partial charge in [-0.15, -0.1) is 6.58 Å². The van der Waals surface area contributed by atoms with Gasteiger partial charge in [0.2, 0.25) is 21.8 Å². The minimum Gasteiger partial charge on any atom is -0.444 e. The van der Waals surface area contributed by atoms with E-state index in [1.165, 1.54) is 4.90 Å². The van der Waals surface area contributed by atoms with E-state index in [-0.39, 0.29) is 32.2 Å². The molecule has 1 aromatic rings. The molecule has 2 saturated carbocycles. The number of ketones is 1. The molecule has 0 spiro atoms. The van der Waals surface area contributed by atoms with E-state index >= 15 is 0 Å². The van der Waals surface area contributed by atoms with E-state index in [0.29, 0.717) is 32.4 Å². The third-order valence-electron chi connectivity index (χ3n) is 10.9. The third kappa shape index (κ3) is 7.40. The van der Waals surface area contributed by atoms with Gasteiger partial charge in [0, 0.05) is 25.9 Å². The zero-order valence-electron chi connectivity index (χ0n) is 29.1. The number of allylic oxidation sites excluding steroid dienone is 1. The van der Waals surface area contributed by atoms with Gasteiger partial charge in [0.05, 0.1) is 23.3 Å². The number of sulfonamides is 1. The van der Waals surface area contributed by atoms with Gasteiger partial charge in [-0.25, -0.2) is 18.0 Å². The van der Waals surface area contributed by atoms with Gasteiger partial charge in [-0.1, -0.05) is 31.2 Å². The summed E-state index contributed by atoms with van der Waals surface area (Å²) in [5.41, 5.74) is 1.18. The number of fused-ring (bicyclic) bond motifs is 3. The predicted octanol–water partition coefficient (Wildman–Crippen LogP) is 3.88. The molecule has 4 amide bonds. The molecule has 0 radical (unpaired) electrons. The first kappa shape index (κ1) is 35.9. The first-order valence-corrected chi connectivity index (χ1v) is 19.3. The summed E-state index contributed by atoms with van der Waals surface area (Å²) in [7, 11) is -3.86. The van der Waals surface area contributed by atoms with Gasteiger partial charge in [0.25, 0.3) is 0 Å². The number of carbonyl (C=O) groups excluding carboxylic acids is 5. The highest BCUT2D eigenvalue weighted by Gasteiger charge is 2.61. The Hall–Kier alpha value is -3.94. The van der Waals surface area contributed by atoms with E-state index in [2.05, 4.69) is 22.7 Å². The molecule has 6 rings (SSSR count). The number of hydrogen-bond donors (Lipinski definition) is 2. The van der Waals surface area contributed by atoms with Crippen molar-refractivity contribution >= 4 is 39.8 Å². The van der Waals surface area contributed by atoms with Crippen molar-refractivity contribution in [1.29, 1.82) is 0 Å². The van der Waals surface area contributed by atoms with Crippen molar-refractivity contribution < 1.29 is 41.9 Å². The number of ether oxygens (including phenoxy) is 2. The van der Waals surface area contributed by atoms with E-state index in [4.69, 9.17) is 9.47 Å². The molecule has 0 aromatic heterocycles. The van der Waals surface area contributed by atoms with Crippen molar-refractivity contribution in [2.45, 2.75) is 127 Å². The van der Waals surface area contributed by atoms with E-state index in [1.54, 1.807) is 17.9 Å². The lowest BCUT2D eigenvalue weighted by atomic mass is 9.91. The van der Waals surface area contributed by atoms with Gasteiger partial charge in [-0.2, -0.15) is 0 Å². The number of Topliss-reactive ketones (excluding diaryl/α,β-unsaturated/α-hetero) is 1. The van der Waals surface area contributed by atoms with Crippen molar-refractivity contribution in [2.75, 3.05) is 6.54 Å². The molecule has 3 fully saturated rings. The normalized spacial score (nSPS) is 29.9. The number of aryl methyl sites for hydroxylation is 1. The Morgan fingerprint density at radius 2 is 1.86 bits per heavy atom. The molecule has 1 aromatic carbocycles. The van der Waals surface area contributed by atoms with E-state index < -0.39 is 80.2 Å². The van der Waals surface area contributed by atoms with Gasteiger partial charge < -0.3 is 19.7 Å². The second-order valence-electron chi connectivity index (χ2n) is 15.1. The fraction of sp³-hybridized carbons (Fsp3) is 0.639. The monoisotopic (exact) mass is 712 g/mol. The fourth-order valence-electron chi connectivity index (χ4n) is 7.69. The zero-order valence-corrected chi connectivity index (χ0v) is 29.9. The van der Waals surface area contributed by atoms with Crippen LogP contribution in [-0.4, -0.2) is 83.6 Å². The first-order valence-electron chi connectivity index (χ1n) is 17.7. The lowest BCUT2D eigenvalue weighted by Gasteiger charge is -2.30. The number of alkyl carbamates (subject to hydrolysis) is 1. The number of rotatable bonds is 8. The Balaban J connectivity index is 1.25. The second-order valence-corrected chi connectivity index (χ2v) is 17.1. The Labute approximate surface area is 293 Å². The third-order valence-corrected chi connectivity index (χ3v) is 12.7. The van der Waals surface area contributed by atoms with Crippen molar-refractivity contribution in [3.05, 3.63) is 47.5 Å². The van der Waals surface area contributed by atoms with Crippen molar-refractivity contribution in [3.63, 3.8) is 0 Å². The molecule has 5 atom stereocenters. The van der Waals surface area contributed by atoms with Gasteiger partial charge in [-0.05, 0) is 87.8 Å². The summed E-state index contributed by atoms with van der Waals surface area (Å²) in [6.07, 6.45) is 3.54. The second kappa shape index (κ2) is 13.6. The van der Waals surface area contributed by atoms with Crippen molar-refractivity contribution in [3.8, 4) is 0 Å². The highest BCUT2D eigenvalue weighted by atomic mass is 32.2. The molecule has 2 aliphatic carbocycles. The van der Waals surface area contributed by atoms with Crippen LogP contribution in [0.2, 0.25) is 0 Å². The molecule has 1 saturated heterocycles. The van der Waals surface area contributed by atoms with Crippen LogP contribution in [0.25, 0.3) is 0 Å². The summed E-state index contributed by atoms with van der Waals surface area (Å²) in [5, 5.41) is 2.06. The van der Waals surface area contributed by atoms with Crippen LogP contribution in [-0.2, 0) is 53.4 Å². The van der Waals surface area contributed by atoms with Crippen LogP contribution in [0.15, 0.2) is 30.9 Å². The van der Waals surface area contributed by atoms with Crippen LogP contribution >= 0.6 is 0 Å². The Morgan fingerprint density at radius 3 is 2.54 bits per heavy atom. The highest BCUT2D eigenvalue weighted by molar-refractivity contribution is 7.90. The largest absolute Gasteiger partial charge is 0.444 e. The van der Waals surface area contributed by atoms with Crippen LogP contribution in [0.5, 0.6) is 0 Å². The molecule has 272 valence electrons. The molecule has 14 heteroatoms. The van der Waals surface area contributed by atoms with Crippen LogP contribution < -0.4 is 10.0 Å². The summed E-state index contributed by atoms with van der Waals surface area (Å²) >= 11 is 0. The van der Waals surface area contributed by atoms with Crippen molar-refractivity contribution in [1.82, 2.24) is 19.8 Å². The number of amides is 4. The standard InChI is InChI=1S/C36H48N4O9S/c1-5-24-17-36(24,32(43)38-50(46,47)26-13-14-26)18-30(41)29-16-25-20-40(29)31(42)28(6-2)37-33(44)49-35(3,4)15-8-7-10-22-11-9-12-23-19-39(21-27(22)23)34(45)48-25/h5,9,11-12,24-26,28-29H,1,6-8,10,13-21H2,2-4H3,(H,37,44)(H,38,43)/t24-,25-,28+,29+,36-/m1/s1. The van der Waals surface area contributed by atoms with Crippen LogP contribution in [0.4, 0.5) is 9.59 Å². The maximum Gasteiger partial charge on any atom is 0.410 e. The summed E-state index contributed by atoms with van der Waals surface area (Å²) < 4.78 is 39.2. The lowest BCUT2D eigenvalue weighted by Crippen LogP contribution is -2.53. The molecule has 0 unspecified atom stereocenters.